The number of rotatable bonds is 5. The van der Waals surface area contributed by atoms with Crippen molar-refractivity contribution < 1.29 is 4.79 Å². The summed E-state index contributed by atoms with van der Waals surface area (Å²) in [7, 11) is 0. The molecule has 0 bridgehead atoms. The fourth-order valence-corrected chi connectivity index (χ4v) is 2.47. The lowest BCUT2D eigenvalue weighted by molar-refractivity contribution is -0.118. The number of carbonyl (C=O) groups is 1. The van der Waals surface area contributed by atoms with Gasteiger partial charge in [0.15, 0.2) is 5.16 Å². The SMILES string of the molecule is Cc1cc(C)nc(SCC(=O)NCC2CNC2)n1.Cl. The summed E-state index contributed by atoms with van der Waals surface area (Å²) in [4.78, 5) is 20.2. The minimum absolute atomic E-state index is 0. The summed E-state index contributed by atoms with van der Waals surface area (Å²) in [5.74, 6) is 1.02. The number of halogens is 1. The van der Waals surface area contributed by atoms with Crippen molar-refractivity contribution in [3.63, 3.8) is 0 Å². The van der Waals surface area contributed by atoms with Gasteiger partial charge in [-0.1, -0.05) is 11.8 Å². The van der Waals surface area contributed by atoms with Gasteiger partial charge in [-0.05, 0) is 19.9 Å². The van der Waals surface area contributed by atoms with Crippen LogP contribution in [0.25, 0.3) is 0 Å². The molecule has 1 amide bonds. The van der Waals surface area contributed by atoms with Crippen LogP contribution in [0.4, 0.5) is 0 Å². The van der Waals surface area contributed by atoms with Crippen molar-refractivity contribution in [2.45, 2.75) is 19.0 Å². The third-order valence-corrected chi connectivity index (χ3v) is 3.60. The largest absolute Gasteiger partial charge is 0.355 e. The lowest BCUT2D eigenvalue weighted by atomic mass is 10.0. The molecule has 2 rings (SSSR count). The molecule has 2 heterocycles. The zero-order valence-electron chi connectivity index (χ0n) is 11.1. The van der Waals surface area contributed by atoms with Gasteiger partial charge in [0.1, 0.15) is 0 Å². The van der Waals surface area contributed by atoms with E-state index in [0.29, 0.717) is 16.8 Å². The number of aromatic nitrogens is 2. The molecule has 19 heavy (non-hydrogen) atoms. The van der Waals surface area contributed by atoms with Gasteiger partial charge in [0.2, 0.25) is 5.91 Å². The first-order valence-electron chi connectivity index (χ1n) is 6.06. The molecule has 0 aliphatic carbocycles. The van der Waals surface area contributed by atoms with E-state index in [1.165, 1.54) is 11.8 Å². The molecule has 1 aliphatic heterocycles. The van der Waals surface area contributed by atoms with E-state index >= 15 is 0 Å². The number of nitrogens with one attached hydrogen (secondary N) is 2. The van der Waals surface area contributed by atoms with Gasteiger partial charge in [0.05, 0.1) is 5.75 Å². The van der Waals surface area contributed by atoms with Crippen LogP contribution in [0.1, 0.15) is 11.4 Å². The normalized spacial score (nSPS) is 14.4. The maximum Gasteiger partial charge on any atom is 0.230 e. The molecular weight excluding hydrogens is 284 g/mol. The molecule has 0 aromatic carbocycles. The third kappa shape index (κ3) is 5.34. The van der Waals surface area contributed by atoms with Gasteiger partial charge in [0, 0.05) is 36.9 Å². The third-order valence-electron chi connectivity index (χ3n) is 2.75. The molecular formula is C12H19ClN4OS. The van der Waals surface area contributed by atoms with E-state index in [1.807, 2.05) is 19.9 Å². The lowest BCUT2D eigenvalue weighted by Crippen LogP contribution is -2.48. The maximum absolute atomic E-state index is 11.6. The molecule has 1 aromatic rings. The second-order valence-corrected chi connectivity index (χ2v) is 5.49. The van der Waals surface area contributed by atoms with E-state index in [2.05, 4.69) is 20.6 Å². The Morgan fingerprint density at radius 1 is 1.42 bits per heavy atom. The van der Waals surface area contributed by atoms with Crippen LogP contribution in [0.15, 0.2) is 11.2 Å². The van der Waals surface area contributed by atoms with Crippen molar-refractivity contribution in [1.29, 1.82) is 0 Å². The second kappa shape index (κ2) is 7.67. The highest BCUT2D eigenvalue weighted by atomic mass is 35.5. The molecule has 0 saturated carbocycles. The van der Waals surface area contributed by atoms with Gasteiger partial charge in [-0.25, -0.2) is 9.97 Å². The number of amides is 1. The average Bonchev–Trinajstić information content (AvgIpc) is 2.23. The van der Waals surface area contributed by atoms with Crippen molar-refractivity contribution in [3.8, 4) is 0 Å². The summed E-state index contributed by atoms with van der Waals surface area (Å²) < 4.78 is 0. The fraction of sp³-hybridized carbons (Fsp3) is 0.583. The van der Waals surface area contributed by atoms with Gasteiger partial charge < -0.3 is 10.6 Å². The highest BCUT2D eigenvalue weighted by Crippen LogP contribution is 2.13. The summed E-state index contributed by atoms with van der Waals surface area (Å²) in [6.45, 7) is 6.64. The van der Waals surface area contributed by atoms with Gasteiger partial charge in [0.25, 0.3) is 0 Å². The minimum Gasteiger partial charge on any atom is -0.355 e. The van der Waals surface area contributed by atoms with Crippen molar-refractivity contribution in [2.75, 3.05) is 25.4 Å². The first-order chi connectivity index (χ1) is 8.63. The molecule has 1 aliphatic rings. The topological polar surface area (TPSA) is 66.9 Å². The van der Waals surface area contributed by atoms with Crippen LogP contribution >= 0.6 is 24.2 Å². The van der Waals surface area contributed by atoms with E-state index in [1.54, 1.807) is 0 Å². The Labute approximate surface area is 123 Å². The van der Waals surface area contributed by atoms with Crippen molar-refractivity contribution in [1.82, 2.24) is 20.6 Å². The van der Waals surface area contributed by atoms with Crippen molar-refractivity contribution >= 4 is 30.1 Å². The van der Waals surface area contributed by atoms with Gasteiger partial charge in [-0.2, -0.15) is 0 Å². The number of carbonyl (C=O) groups excluding carboxylic acids is 1. The molecule has 1 aromatic heterocycles. The van der Waals surface area contributed by atoms with Crippen LogP contribution < -0.4 is 10.6 Å². The smallest absolute Gasteiger partial charge is 0.230 e. The number of hydrogen-bond acceptors (Lipinski definition) is 5. The molecule has 106 valence electrons. The minimum atomic E-state index is 0. The maximum atomic E-state index is 11.6. The predicted molar refractivity (Wildman–Crippen MR) is 78.8 cm³/mol. The van der Waals surface area contributed by atoms with Gasteiger partial charge >= 0.3 is 0 Å². The van der Waals surface area contributed by atoms with E-state index in [9.17, 15) is 4.79 Å². The van der Waals surface area contributed by atoms with E-state index in [0.717, 1.165) is 31.0 Å². The average molecular weight is 303 g/mol. The molecule has 1 saturated heterocycles. The Morgan fingerprint density at radius 3 is 2.58 bits per heavy atom. The zero-order chi connectivity index (χ0) is 13.0. The fourth-order valence-electron chi connectivity index (χ4n) is 1.69. The first kappa shape index (κ1) is 16.2. The van der Waals surface area contributed by atoms with E-state index < -0.39 is 0 Å². The predicted octanol–water partition coefficient (Wildman–Crippen LogP) is 0.943. The number of thioether (sulfide) groups is 1. The molecule has 2 N–H and O–H groups in total. The number of nitrogens with zero attached hydrogens (tertiary/aromatic N) is 2. The monoisotopic (exact) mass is 302 g/mol. The van der Waals surface area contributed by atoms with E-state index in [-0.39, 0.29) is 18.3 Å². The Morgan fingerprint density at radius 2 is 2.05 bits per heavy atom. The Balaban J connectivity index is 0.00000180. The standard InChI is InChI=1S/C12H18N4OS.ClH/c1-8-3-9(2)16-12(15-8)18-7-11(17)14-6-10-4-13-5-10;/h3,10,13H,4-7H2,1-2H3,(H,14,17);1H. The summed E-state index contributed by atoms with van der Waals surface area (Å²) in [5.41, 5.74) is 1.87. The molecule has 0 spiro atoms. The van der Waals surface area contributed by atoms with Crippen LogP contribution in [0.3, 0.4) is 0 Å². The van der Waals surface area contributed by atoms with Crippen LogP contribution in [0.2, 0.25) is 0 Å². The van der Waals surface area contributed by atoms with Crippen molar-refractivity contribution in [2.24, 2.45) is 5.92 Å². The zero-order valence-corrected chi connectivity index (χ0v) is 12.7. The van der Waals surface area contributed by atoms with Crippen LogP contribution in [0.5, 0.6) is 0 Å². The molecule has 0 unspecified atom stereocenters. The Kier molecular flexibility index (Phi) is 6.54. The molecule has 0 radical (unpaired) electrons. The summed E-state index contributed by atoms with van der Waals surface area (Å²) in [6.07, 6.45) is 0. The molecule has 0 atom stereocenters. The van der Waals surface area contributed by atoms with Crippen LogP contribution in [-0.2, 0) is 4.79 Å². The molecule has 5 nitrogen and oxygen atoms in total. The van der Waals surface area contributed by atoms with Crippen LogP contribution in [-0.4, -0.2) is 41.3 Å². The van der Waals surface area contributed by atoms with Crippen molar-refractivity contribution in [3.05, 3.63) is 17.5 Å². The van der Waals surface area contributed by atoms with Gasteiger partial charge in [-0.15, -0.1) is 12.4 Å². The Hall–Kier alpha value is -0.850. The lowest BCUT2D eigenvalue weighted by Gasteiger charge is -2.26. The second-order valence-electron chi connectivity index (χ2n) is 4.55. The van der Waals surface area contributed by atoms with Gasteiger partial charge in [-0.3, -0.25) is 4.79 Å². The quantitative estimate of drug-likeness (QED) is 0.626. The molecule has 1 fully saturated rings. The summed E-state index contributed by atoms with van der Waals surface area (Å²) in [5, 5.41) is 6.78. The summed E-state index contributed by atoms with van der Waals surface area (Å²) in [6, 6.07) is 1.92. The Bertz CT molecular complexity index is 419. The highest BCUT2D eigenvalue weighted by molar-refractivity contribution is 7.99. The molecule has 7 heteroatoms. The summed E-state index contributed by atoms with van der Waals surface area (Å²) >= 11 is 1.38. The van der Waals surface area contributed by atoms with Crippen LogP contribution in [0, 0.1) is 19.8 Å². The number of aryl methyl sites for hydroxylation is 2. The first-order valence-corrected chi connectivity index (χ1v) is 7.04. The van der Waals surface area contributed by atoms with E-state index in [4.69, 9.17) is 0 Å². The number of hydrogen-bond donors (Lipinski definition) is 2. The highest BCUT2D eigenvalue weighted by Gasteiger charge is 2.17.